The number of thiophene rings is 1. The fourth-order valence-corrected chi connectivity index (χ4v) is 6.07. The van der Waals surface area contributed by atoms with Crippen LogP contribution in [0.15, 0.2) is 21.7 Å². The smallest absolute Gasteiger partial charge is 0.253 e. The number of nitrogens with one attached hydrogen (secondary N) is 2. The first-order valence-electron chi connectivity index (χ1n) is 8.13. The van der Waals surface area contributed by atoms with Crippen LogP contribution >= 0.6 is 23.7 Å². The van der Waals surface area contributed by atoms with Crippen LogP contribution < -0.4 is 10.6 Å². The lowest BCUT2D eigenvalue weighted by Gasteiger charge is -2.23. The molecule has 2 aliphatic rings. The second-order valence-corrected chi connectivity index (χ2v) is 9.21. The van der Waals surface area contributed by atoms with Crippen molar-refractivity contribution in [1.29, 1.82) is 0 Å². The van der Waals surface area contributed by atoms with E-state index in [1.165, 1.54) is 15.6 Å². The Labute approximate surface area is 153 Å². The highest BCUT2D eigenvalue weighted by atomic mass is 35.5. The lowest BCUT2D eigenvalue weighted by Crippen LogP contribution is -2.46. The van der Waals surface area contributed by atoms with Gasteiger partial charge in [0.05, 0.1) is 0 Å². The molecule has 136 valence electrons. The van der Waals surface area contributed by atoms with Crippen LogP contribution in [0.1, 0.15) is 25.7 Å². The van der Waals surface area contributed by atoms with Crippen molar-refractivity contribution < 1.29 is 13.2 Å². The molecule has 0 spiro atoms. The highest BCUT2D eigenvalue weighted by Crippen LogP contribution is 2.28. The minimum Gasteiger partial charge on any atom is -0.355 e. The Hall–Kier alpha value is -0.670. The van der Waals surface area contributed by atoms with Gasteiger partial charge in [0.2, 0.25) is 5.91 Å². The molecule has 0 aliphatic carbocycles. The lowest BCUT2D eigenvalue weighted by atomic mass is 10.1. The SMILES string of the molecule is Cl.O=C(NCCC1CCNC1)C1CCCN1S(=O)(=O)c1cccs1. The monoisotopic (exact) mass is 393 g/mol. The van der Waals surface area contributed by atoms with Gasteiger partial charge in [-0.25, -0.2) is 8.42 Å². The van der Waals surface area contributed by atoms with Crippen molar-refractivity contribution in [3.05, 3.63) is 17.5 Å². The van der Waals surface area contributed by atoms with Gasteiger partial charge in [0, 0.05) is 13.1 Å². The molecule has 2 unspecified atom stereocenters. The van der Waals surface area contributed by atoms with Gasteiger partial charge < -0.3 is 10.6 Å². The average molecular weight is 394 g/mol. The van der Waals surface area contributed by atoms with E-state index >= 15 is 0 Å². The van der Waals surface area contributed by atoms with Crippen molar-refractivity contribution in [1.82, 2.24) is 14.9 Å². The van der Waals surface area contributed by atoms with Gasteiger partial charge in [0.1, 0.15) is 10.3 Å². The molecule has 6 nitrogen and oxygen atoms in total. The average Bonchev–Trinajstić information content (AvgIpc) is 3.27. The molecule has 9 heteroatoms. The zero-order valence-corrected chi connectivity index (χ0v) is 15.9. The highest BCUT2D eigenvalue weighted by Gasteiger charge is 2.39. The first-order chi connectivity index (χ1) is 11.1. The van der Waals surface area contributed by atoms with E-state index < -0.39 is 16.1 Å². The van der Waals surface area contributed by atoms with E-state index in [2.05, 4.69) is 10.6 Å². The topological polar surface area (TPSA) is 78.5 Å². The molecule has 1 aromatic rings. The number of nitrogens with zero attached hydrogens (tertiary/aromatic N) is 1. The molecule has 0 aromatic carbocycles. The summed E-state index contributed by atoms with van der Waals surface area (Å²) in [6.07, 6.45) is 3.43. The van der Waals surface area contributed by atoms with Crippen LogP contribution in [0.3, 0.4) is 0 Å². The van der Waals surface area contributed by atoms with Crippen LogP contribution in [0.25, 0.3) is 0 Å². The first-order valence-corrected chi connectivity index (χ1v) is 10.4. The van der Waals surface area contributed by atoms with Crippen LogP contribution in [0.2, 0.25) is 0 Å². The predicted octanol–water partition coefficient (Wildman–Crippen LogP) is 1.44. The summed E-state index contributed by atoms with van der Waals surface area (Å²) in [6, 6.07) is 2.75. The summed E-state index contributed by atoms with van der Waals surface area (Å²) in [5, 5.41) is 7.98. The van der Waals surface area contributed by atoms with E-state index in [4.69, 9.17) is 0 Å². The fraction of sp³-hybridized carbons (Fsp3) is 0.667. The molecule has 2 N–H and O–H groups in total. The summed E-state index contributed by atoms with van der Waals surface area (Å²) in [6.45, 7) is 3.10. The number of amides is 1. The normalized spacial score (nSPS) is 24.7. The van der Waals surface area contributed by atoms with Crippen molar-refractivity contribution in [2.24, 2.45) is 5.92 Å². The van der Waals surface area contributed by atoms with Gasteiger partial charge in [0.25, 0.3) is 10.0 Å². The predicted molar refractivity (Wildman–Crippen MR) is 97.1 cm³/mol. The lowest BCUT2D eigenvalue weighted by molar-refractivity contribution is -0.124. The molecule has 0 radical (unpaired) electrons. The summed E-state index contributed by atoms with van der Waals surface area (Å²) < 4.78 is 27.0. The molecule has 1 aromatic heterocycles. The zero-order valence-electron chi connectivity index (χ0n) is 13.4. The quantitative estimate of drug-likeness (QED) is 0.766. The van der Waals surface area contributed by atoms with Crippen LogP contribution in [0.5, 0.6) is 0 Å². The summed E-state index contributed by atoms with van der Waals surface area (Å²) >= 11 is 1.20. The summed E-state index contributed by atoms with van der Waals surface area (Å²) in [5.74, 6) is 0.457. The molecule has 0 bridgehead atoms. The fourth-order valence-electron chi connectivity index (χ4n) is 3.29. The number of sulfonamides is 1. The third kappa shape index (κ3) is 4.29. The van der Waals surface area contributed by atoms with E-state index in [0.717, 1.165) is 32.4 Å². The van der Waals surface area contributed by atoms with E-state index in [-0.39, 0.29) is 18.3 Å². The van der Waals surface area contributed by atoms with Crippen molar-refractivity contribution >= 4 is 39.7 Å². The van der Waals surface area contributed by atoms with Gasteiger partial charge in [-0.3, -0.25) is 4.79 Å². The van der Waals surface area contributed by atoms with E-state index in [9.17, 15) is 13.2 Å². The van der Waals surface area contributed by atoms with Crippen molar-refractivity contribution in [2.45, 2.75) is 35.9 Å². The number of hydrogen-bond donors (Lipinski definition) is 2. The van der Waals surface area contributed by atoms with Crippen LogP contribution in [0, 0.1) is 5.92 Å². The largest absolute Gasteiger partial charge is 0.355 e. The zero-order chi connectivity index (χ0) is 16.3. The van der Waals surface area contributed by atoms with Gasteiger partial charge in [-0.15, -0.1) is 23.7 Å². The summed E-state index contributed by atoms with van der Waals surface area (Å²) in [4.78, 5) is 12.4. The molecule has 2 atom stereocenters. The molecular weight excluding hydrogens is 370 g/mol. The van der Waals surface area contributed by atoms with Crippen LogP contribution in [-0.2, 0) is 14.8 Å². The number of carbonyl (C=O) groups is 1. The Morgan fingerprint density at radius 1 is 1.42 bits per heavy atom. The maximum Gasteiger partial charge on any atom is 0.253 e. The third-order valence-electron chi connectivity index (χ3n) is 4.58. The molecule has 3 heterocycles. The van der Waals surface area contributed by atoms with E-state index in [1.54, 1.807) is 17.5 Å². The maximum absolute atomic E-state index is 12.6. The van der Waals surface area contributed by atoms with E-state index in [0.29, 0.717) is 29.6 Å². The Balaban J connectivity index is 0.00000208. The van der Waals surface area contributed by atoms with Gasteiger partial charge in [-0.05, 0) is 56.1 Å². The maximum atomic E-state index is 12.6. The van der Waals surface area contributed by atoms with Gasteiger partial charge in [-0.1, -0.05) is 6.07 Å². The molecular formula is C15H24ClN3O3S2. The Morgan fingerprint density at radius 2 is 2.25 bits per heavy atom. The standard InChI is InChI=1S/C15H23N3O3S2.ClH/c19-15(17-8-6-12-5-7-16-11-12)13-3-1-9-18(13)23(20,21)14-4-2-10-22-14;/h2,4,10,12-13,16H,1,3,5-9,11H2,(H,17,19);1H. The van der Waals surface area contributed by atoms with Crippen molar-refractivity contribution in [3.63, 3.8) is 0 Å². The minimum absolute atomic E-state index is 0. The highest BCUT2D eigenvalue weighted by molar-refractivity contribution is 7.91. The van der Waals surface area contributed by atoms with Gasteiger partial charge in [-0.2, -0.15) is 4.31 Å². The second-order valence-electron chi connectivity index (χ2n) is 6.14. The van der Waals surface area contributed by atoms with Crippen LogP contribution in [0.4, 0.5) is 0 Å². The Bertz CT molecular complexity index is 630. The number of rotatable bonds is 6. The Morgan fingerprint density at radius 3 is 2.92 bits per heavy atom. The Kier molecular flexibility index (Phi) is 7.06. The molecule has 24 heavy (non-hydrogen) atoms. The second kappa shape index (κ2) is 8.62. The van der Waals surface area contributed by atoms with E-state index in [1.807, 2.05) is 0 Å². The first kappa shape index (κ1) is 19.7. The molecule has 2 fully saturated rings. The van der Waals surface area contributed by atoms with Crippen molar-refractivity contribution in [3.8, 4) is 0 Å². The van der Waals surface area contributed by atoms with Gasteiger partial charge >= 0.3 is 0 Å². The summed E-state index contributed by atoms with van der Waals surface area (Å²) in [7, 11) is -3.55. The minimum atomic E-state index is -3.55. The number of halogens is 1. The molecule has 2 aliphatic heterocycles. The van der Waals surface area contributed by atoms with Gasteiger partial charge in [0.15, 0.2) is 0 Å². The molecule has 1 amide bonds. The number of carbonyl (C=O) groups excluding carboxylic acids is 1. The van der Waals surface area contributed by atoms with Crippen molar-refractivity contribution in [2.75, 3.05) is 26.2 Å². The third-order valence-corrected chi connectivity index (χ3v) is 7.86. The molecule has 3 rings (SSSR count). The van der Waals surface area contributed by atoms with Crippen LogP contribution in [-0.4, -0.2) is 50.9 Å². The number of hydrogen-bond acceptors (Lipinski definition) is 5. The molecule has 0 saturated carbocycles. The molecule has 2 saturated heterocycles. The summed E-state index contributed by atoms with van der Waals surface area (Å²) in [5.41, 5.74) is 0.